The molecule has 1 rings (SSSR count). The molecule has 96 valence electrons. The highest BCUT2D eigenvalue weighted by Gasteiger charge is 1.99. The first-order valence-electron chi connectivity index (χ1n) is 6.70. The number of hydrogen-bond acceptors (Lipinski definition) is 1. The lowest BCUT2D eigenvalue weighted by molar-refractivity contribution is 0.101. The van der Waals surface area contributed by atoms with E-state index in [4.69, 9.17) is 0 Å². The summed E-state index contributed by atoms with van der Waals surface area (Å²) in [6.07, 6.45) is 7.01. The number of carbonyl (C=O) groups is 1. The molecule has 0 spiro atoms. The number of hydrogen-bond donors (Lipinski definition) is 0. The van der Waals surface area contributed by atoms with E-state index in [1.807, 2.05) is 31.2 Å². The van der Waals surface area contributed by atoms with Crippen LogP contribution in [0.5, 0.6) is 0 Å². The normalized spacial score (nSPS) is 9.41. The molecule has 0 aliphatic carbocycles. The topological polar surface area (TPSA) is 17.1 Å². The molecule has 1 nitrogen and oxygen atoms in total. The third kappa shape index (κ3) is 7.73. The smallest absolute Gasteiger partial charge is 0.160 e. The van der Waals surface area contributed by atoms with E-state index in [1.54, 1.807) is 6.92 Å². The summed E-state index contributed by atoms with van der Waals surface area (Å²) in [5, 5.41) is 0. The van der Waals surface area contributed by atoms with Gasteiger partial charge in [0.25, 0.3) is 0 Å². The Morgan fingerprint density at radius 1 is 1.00 bits per heavy atom. The Morgan fingerprint density at radius 2 is 1.53 bits per heavy atom. The Labute approximate surface area is 106 Å². The zero-order valence-corrected chi connectivity index (χ0v) is 11.8. The van der Waals surface area contributed by atoms with Crippen LogP contribution in [0.25, 0.3) is 0 Å². The molecular weight excluding hydrogens is 208 g/mol. The average molecular weight is 234 g/mol. The molecule has 1 heteroatoms. The van der Waals surface area contributed by atoms with Crippen molar-refractivity contribution >= 4 is 5.78 Å². The molecule has 0 amide bonds. The summed E-state index contributed by atoms with van der Waals surface area (Å²) >= 11 is 0. The monoisotopic (exact) mass is 234 g/mol. The number of Topliss-reactive ketones (excluding diaryl/α,β-unsaturated/α-hetero) is 1. The van der Waals surface area contributed by atoms with Crippen LogP contribution in [-0.4, -0.2) is 5.78 Å². The molecule has 0 radical (unpaired) electrons. The van der Waals surface area contributed by atoms with Gasteiger partial charge in [-0.15, -0.1) is 0 Å². The molecule has 0 aliphatic heterocycles. The first-order chi connectivity index (χ1) is 8.13. The third-order valence-corrected chi connectivity index (χ3v) is 2.73. The second-order valence-corrected chi connectivity index (χ2v) is 4.43. The fourth-order valence-electron chi connectivity index (χ4n) is 1.64. The standard InChI is InChI=1S/C9H10O.C7H16/c1-7-5-3-4-6-9(7)8(2)10;1-3-5-7-6-4-2/h3-6H,1-2H3;3-7H2,1-2H3. The largest absolute Gasteiger partial charge is 0.295 e. The van der Waals surface area contributed by atoms with Crippen LogP contribution in [0.1, 0.15) is 68.8 Å². The summed E-state index contributed by atoms with van der Waals surface area (Å²) in [5.74, 6) is 0.137. The first kappa shape index (κ1) is 15.9. The Morgan fingerprint density at radius 3 is 1.88 bits per heavy atom. The van der Waals surface area contributed by atoms with E-state index in [2.05, 4.69) is 13.8 Å². The van der Waals surface area contributed by atoms with Gasteiger partial charge in [0.05, 0.1) is 0 Å². The molecule has 1 aromatic rings. The fraction of sp³-hybridized carbons (Fsp3) is 0.562. The summed E-state index contributed by atoms with van der Waals surface area (Å²) in [6, 6.07) is 7.60. The van der Waals surface area contributed by atoms with E-state index in [9.17, 15) is 4.79 Å². The van der Waals surface area contributed by atoms with Gasteiger partial charge in [0.1, 0.15) is 0 Å². The molecule has 17 heavy (non-hydrogen) atoms. The predicted molar refractivity (Wildman–Crippen MR) is 75.6 cm³/mol. The van der Waals surface area contributed by atoms with Crippen molar-refractivity contribution in [3.63, 3.8) is 0 Å². The van der Waals surface area contributed by atoms with Crippen LogP contribution in [-0.2, 0) is 0 Å². The summed E-state index contributed by atoms with van der Waals surface area (Å²) < 4.78 is 0. The van der Waals surface area contributed by atoms with E-state index >= 15 is 0 Å². The summed E-state index contributed by atoms with van der Waals surface area (Å²) in [7, 11) is 0. The maximum Gasteiger partial charge on any atom is 0.160 e. The number of benzene rings is 1. The van der Waals surface area contributed by atoms with Gasteiger partial charge in [-0.3, -0.25) is 4.79 Å². The third-order valence-electron chi connectivity index (χ3n) is 2.73. The zero-order valence-electron chi connectivity index (χ0n) is 11.8. The van der Waals surface area contributed by atoms with Gasteiger partial charge in [-0.2, -0.15) is 0 Å². The van der Waals surface area contributed by atoms with Gasteiger partial charge < -0.3 is 0 Å². The molecule has 0 saturated carbocycles. The van der Waals surface area contributed by atoms with Crippen molar-refractivity contribution in [3.05, 3.63) is 35.4 Å². The molecule has 0 fully saturated rings. The number of unbranched alkanes of at least 4 members (excludes halogenated alkanes) is 4. The van der Waals surface area contributed by atoms with Crippen molar-refractivity contribution in [3.8, 4) is 0 Å². The summed E-state index contributed by atoms with van der Waals surface area (Å²) in [6.45, 7) is 8.02. The maximum atomic E-state index is 10.9. The van der Waals surface area contributed by atoms with Crippen LogP contribution in [0.15, 0.2) is 24.3 Å². The van der Waals surface area contributed by atoms with Crippen LogP contribution in [0.4, 0.5) is 0 Å². The molecule has 0 bridgehead atoms. The van der Waals surface area contributed by atoms with E-state index in [1.165, 1.54) is 32.1 Å². The van der Waals surface area contributed by atoms with Gasteiger partial charge in [0.2, 0.25) is 0 Å². The summed E-state index contributed by atoms with van der Waals surface area (Å²) in [4.78, 5) is 10.9. The van der Waals surface area contributed by atoms with Gasteiger partial charge in [0.15, 0.2) is 5.78 Å². The molecule has 1 aromatic carbocycles. The minimum absolute atomic E-state index is 0.137. The summed E-state index contributed by atoms with van der Waals surface area (Å²) in [5.41, 5.74) is 1.87. The van der Waals surface area contributed by atoms with Crippen molar-refractivity contribution in [2.45, 2.75) is 59.8 Å². The van der Waals surface area contributed by atoms with Gasteiger partial charge in [0, 0.05) is 5.56 Å². The highest BCUT2D eigenvalue weighted by atomic mass is 16.1. The Hall–Kier alpha value is -1.11. The first-order valence-corrected chi connectivity index (χ1v) is 6.70. The minimum atomic E-state index is 0.137. The van der Waals surface area contributed by atoms with E-state index in [-0.39, 0.29) is 5.78 Å². The van der Waals surface area contributed by atoms with E-state index in [0.29, 0.717) is 0 Å². The SMILES string of the molecule is CC(=O)c1ccccc1C.CCCCCCC. The minimum Gasteiger partial charge on any atom is -0.295 e. The Balaban J connectivity index is 0.000000325. The molecule has 0 unspecified atom stereocenters. The highest BCUT2D eigenvalue weighted by molar-refractivity contribution is 5.95. The van der Waals surface area contributed by atoms with Crippen molar-refractivity contribution in [2.24, 2.45) is 0 Å². The lowest BCUT2D eigenvalue weighted by Gasteiger charge is -1.97. The van der Waals surface area contributed by atoms with E-state index in [0.717, 1.165) is 11.1 Å². The molecule has 0 aromatic heterocycles. The fourth-order valence-corrected chi connectivity index (χ4v) is 1.64. The zero-order chi connectivity index (χ0) is 13.1. The van der Waals surface area contributed by atoms with Crippen molar-refractivity contribution < 1.29 is 4.79 Å². The molecule has 0 saturated heterocycles. The van der Waals surface area contributed by atoms with Gasteiger partial charge >= 0.3 is 0 Å². The quantitative estimate of drug-likeness (QED) is 0.507. The molecule has 0 N–H and O–H groups in total. The molecular formula is C16H26O. The van der Waals surface area contributed by atoms with Crippen LogP contribution in [0.2, 0.25) is 0 Å². The van der Waals surface area contributed by atoms with Gasteiger partial charge in [-0.25, -0.2) is 0 Å². The van der Waals surface area contributed by atoms with Crippen LogP contribution < -0.4 is 0 Å². The second-order valence-electron chi connectivity index (χ2n) is 4.43. The van der Waals surface area contributed by atoms with Gasteiger partial charge in [-0.1, -0.05) is 70.2 Å². The number of ketones is 1. The molecule has 0 aliphatic rings. The van der Waals surface area contributed by atoms with E-state index < -0.39 is 0 Å². The Bertz CT molecular complexity index is 311. The lowest BCUT2D eigenvalue weighted by atomic mass is 10.1. The number of rotatable bonds is 5. The van der Waals surface area contributed by atoms with Crippen molar-refractivity contribution in [1.82, 2.24) is 0 Å². The highest BCUT2D eigenvalue weighted by Crippen LogP contribution is 2.06. The lowest BCUT2D eigenvalue weighted by Crippen LogP contribution is -1.93. The maximum absolute atomic E-state index is 10.9. The van der Waals surface area contributed by atoms with Gasteiger partial charge in [-0.05, 0) is 19.4 Å². The number of aryl methyl sites for hydroxylation is 1. The van der Waals surface area contributed by atoms with Crippen LogP contribution in [0, 0.1) is 6.92 Å². The second kappa shape index (κ2) is 10.1. The predicted octanol–water partition coefficient (Wildman–Crippen LogP) is 5.17. The molecule has 0 atom stereocenters. The van der Waals surface area contributed by atoms with Crippen LogP contribution >= 0.6 is 0 Å². The average Bonchev–Trinajstić information content (AvgIpc) is 2.31. The van der Waals surface area contributed by atoms with Crippen LogP contribution in [0.3, 0.4) is 0 Å². The Kier molecular flexibility index (Phi) is 9.41. The van der Waals surface area contributed by atoms with Crippen molar-refractivity contribution in [2.75, 3.05) is 0 Å². The number of carbonyl (C=O) groups excluding carboxylic acids is 1. The van der Waals surface area contributed by atoms with Crippen molar-refractivity contribution in [1.29, 1.82) is 0 Å². The molecule has 0 heterocycles.